The van der Waals surface area contributed by atoms with Crippen molar-refractivity contribution in [2.75, 3.05) is 0 Å². The summed E-state index contributed by atoms with van der Waals surface area (Å²) in [6, 6.07) is 5.64. The van der Waals surface area contributed by atoms with Crippen molar-refractivity contribution >= 4 is 11.5 Å². The molecule has 0 aromatic heterocycles. The lowest BCUT2D eigenvalue weighted by molar-refractivity contribution is -0.384. The van der Waals surface area contributed by atoms with Gasteiger partial charge in [0.1, 0.15) is 0 Å². The molecule has 0 aliphatic heterocycles. The Balaban J connectivity index is 2.23. The Morgan fingerprint density at radius 2 is 1.94 bits per heavy atom. The zero-order valence-electron chi connectivity index (χ0n) is 9.00. The third-order valence-corrected chi connectivity index (χ3v) is 2.49. The summed E-state index contributed by atoms with van der Waals surface area (Å²) in [5.41, 5.74) is 1.08. The first-order valence-electron chi connectivity index (χ1n) is 5.17. The van der Waals surface area contributed by atoms with Crippen molar-refractivity contribution in [3.63, 3.8) is 0 Å². The highest BCUT2D eigenvalue weighted by atomic mass is 16.6. The van der Waals surface area contributed by atoms with E-state index < -0.39 is 4.92 Å². The van der Waals surface area contributed by atoms with Gasteiger partial charge in [0, 0.05) is 23.3 Å². The number of non-ortho nitro benzene ring substituents is 1. The first kappa shape index (κ1) is 11.3. The molecule has 0 saturated carbocycles. The quantitative estimate of drug-likeness (QED) is 0.454. The molecule has 0 N–H and O–H groups in total. The normalized spacial score (nSPS) is 14.2. The number of carbonyl (C=O) groups is 1. The number of hydrogen-bond acceptors (Lipinski definition) is 3. The first-order chi connectivity index (χ1) is 8.18. The lowest BCUT2D eigenvalue weighted by Gasteiger charge is -2.05. The van der Waals surface area contributed by atoms with E-state index >= 15 is 0 Å². The Labute approximate surface area is 98.4 Å². The minimum atomic E-state index is -0.483. The Morgan fingerprint density at radius 3 is 2.47 bits per heavy atom. The lowest BCUT2D eigenvalue weighted by Crippen LogP contribution is -2.03. The van der Waals surface area contributed by atoms with E-state index in [9.17, 15) is 14.9 Å². The smallest absolute Gasteiger partial charge is 0.269 e. The van der Waals surface area contributed by atoms with E-state index in [0.717, 1.165) is 6.42 Å². The molecule has 2 rings (SSSR count). The summed E-state index contributed by atoms with van der Waals surface area (Å²) in [5, 5.41) is 10.5. The second-order valence-corrected chi connectivity index (χ2v) is 3.62. The first-order valence-corrected chi connectivity index (χ1v) is 5.17. The van der Waals surface area contributed by atoms with Gasteiger partial charge in [0.15, 0.2) is 5.78 Å². The molecule has 17 heavy (non-hydrogen) atoms. The van der Waals surface area contributed by atoms with Crippen molar-refractivity contribution in [3.05, 3.63) is 70.2 Å². The Kier molecular flexibility index (Phi) is 3.14. The van der Waals surface area contributed by atoms with Gasteiger partial charge in [0.2, 0.25) is 0 Å². The Hall–Kier alpha value is -2.23. The average molecular weight is 228 g/mol. The lowest BCUT2D eigenvalue weighted by atomic mass is 9.98. The number of nitrogens with zero attached hydrogens (tertiary/aromatic N) is 1. The summed E-state index contributed by atoms with van der Waals surface area (Å²) >= 11 is 0. The predicted octanol–water partition coefficient (Wildman–Crippen LogP) is 2.87. The van der Waals surface area contributed by atoms with E-state index in [2.05, 4.69) is 0 Å². The molecule has 0 amide bonds. The maximum atomic E-state index is 12.0. The number of rotatable bonds is 3. The highest BCUT2D eigenvalue weighted by Gasteiger charge is 2.13. The molecule has 0 atom stereocenters. The van der Waals surface area contributed by atoms with Gasteiger partial charge < -0.3 is 0 Å². The van der Waals surface area contributed by atoms with Gasteiger partial charge in [0.05, 0.1) is 4.92 Å². The second-order valence-electron chi connectivity index (χ2n) is 3.62. The van der Waals surface area contributed by atoms with Crippen LogP contribution in [0.15, 0.2) is 48.1 Å². The van der Waals surface area contributed by atoms with Gasteiger partial charge in [-0.25, -0.2) is 0 Å². The van der Waals surface area contributed by atoms with Crippen molar-refractivity contribution in [1.29, 1.82) is 0 Å². The van der Waals surface area contributed by atoms with E-state index in [1.807, 2.05) is 18.6 Å². The molecule has 1 aliphatic rings. The van der Waals surface area contributed by atoms with Gasteiger partial charge in [-0.05, 0) is 25.0 Å². The minimum absolute atomic E-state index is 0.0111. The summed E-state index contributed by atoms with van der Waals surface area (Å²) in [4.78, 5) is 22.0. The van der Waals surface area contributed by atoms with Crippen LogP contribution in [0.25, 0.3) is 0 Å². The second kappa shape index (κ2) is 4.74. The highest BCUT2D eigenvalue weighted by molar-refractivity contribution is 6.10. The predicted molar refractivity (Wildman–Crippen MR) is 63.6 cm³/mol. The minimum Gasteiger partial charge on any atom is -0.289 e. The van der Waals surface area contributed by atoms with E-state index in [1.54, 1.807) is 6.08 Å². The summed E-state index contributed by atoms with van der Waals surface area (Å²) in [6.45, 7) is 0. The van der Waals surface area contributed by atoms with Crippen LogP contribution in [0.2, 0.25) is 0 Å². The summed E-state index contributed by atoms with van der Waals surface area (Å²) in [5.74, 6) is -0.107. The number of carbonyl (C=O) groups excluding carboxylic acids is 1. The van der Waals surface area contributed by atoms with E-state index in [1.165, 1.54) is 24.3 Å². The molecule has 0 fully saturated rings. The van der Waals surface area contributed by atoms with Gasteiger partial charge in [0.25, 0.3) is 5.69 Å². The Morgan fingerprint density at radius 1 is 1.24 bits per heavy atom. The van der Waals surface area contributed by atoms with Crippen LogP contribution >= 0.6 is 0 Å². The summed E-state index contributed by atoms with van der Waals surface area (Å²) < 4.78 is 0. The van der Waals surface area contributed by atoms with Crippen LogP contribution < -0.4 is 0 Å². The topological polar surface area (TPSA) is 60.2 Å². The van der Waals surface area contributed by atoms with Crippen molar-refractivity contribution in [3.8, 4) is 0 Å². The van der Waals surface area contributed by atoms with Crippen molar-refractivity contribution in [2.24, 2.45) is 0 Å². The molecule has 0 heterocycles. The number of nitro benzene ring substituents is 1. The number of ketones is 1. The fraction of sp³-hybridized carbons (Fsp3) is 0.0769. The monoisotopic (exact) mass is 228 g/mol. The van der Waals surface area contributed by atoms with E-state index in [0.29, 0.717) is 11.1 Å². The van der Waals surface area contributed by atoms with Crippen molar-refractivity contribution < 1.29 is 9.72 Å². The Bertz CT molecular complexity index is 512. The number of Topliss-reactive ketones (excluding diaryl/α,β-unsaturated/α-hetero) is 1. The largest absolute Gasteiger partial charge is 0.289 e. The van der Waals surface area contributed by atoms with Gasteiger partial charge in [-0.1, -0.05) is 18.2 Å². The summed E-state index contributed by atoms with van der Waals surface area (Å²) in [7, 11) is 0. The molecule has 1 aromatic carbocycles. The molecule has 4 heteroatoms. The molecule has 0 unspecified atom stereocenters. The zero-order chi connectivity index (χ0) is 12.3. The molecule has 0 saturated heterocycles. The van der Waals surface area contributed by atoms with Gasteiger partial charge >= 0.3 is 0 Å². The van der Waals surface area contributed by atoms with E-state index in [4.69, 9.17) is 0 Å². The molecular formula is C13H10NO3. The average Bonchev–Trinajstić information content (AvgIpc) is 2.39. The van der Waals surface area contributed by atoms with Gasteiger partial charge in [-0.15, -0.1) is 0 Å². The molecule has 0 bridgehead atoms. The highest BCUT2D eigenvalue weighted by Crippen LogP contribution is 2.18. The standard InChI is InChI=1S/C13H10NO3/c15-13(10-4-2-1-3-5-10)11-6-8-12(9-7-11)14(16)17/h1-2,4-9H,3H2. The van der Waals surface area contributed by atoms with Crippen LogP contribution in [0.4, 0.5) is 5.69 Å². The summed E-state index contributed by atoms with van der Waals surface area (Å²) in [6.07, 6.45) is 8.10. The molecule has 1 aliphatic carbocycles. The third-order valence-electron chi connectivity index (χ3n) is 2.49. The number of nitro groups is 1. The van der Waals surface area contributed by atoms with Crippen LogP contribution in [-0.2, 0) is 0 Å². The van der Waals surface area contributed by atoms with Crippen molar-refractivity contribution in [2.45, 2.75) is 6.42 Å². The van der Waals surface area contributed by atoms with Gasteiger partial charge in [-0.3, -0.25) is 14.9 Å². The van der Waals surface area contributed by atoms with Gasteiger partial charge in [-0.2, -0.15) is 0 Å². The molecule has 1 radical (unpaired) electrons. The van der Waals surface area contributed by atoms with Crippen LogP contribution in [0.3, 0.4) is 0 Å². The maximum absolute atomic E-state index is 12.0. The van der Waals surface area contributed by atoms with Crippen molar-refractivity contribution in [1.82, 2.24) is 0 Å². The fourth-order valence-corrected chi connectivity index (χ4v) is 1.58. The SMILES string of the molecule is O=C(C1=CC[CH]C=C1)c1ccc([N+](=O)[O-])cc1. The number of benzene rings is 1. The molecule has 1 aromatic rings. The molecule has 0 spiro atoms. The molecule has 85 valence electrons. The zero-order valence-corrected chi connectivity index (χ0v) is 9.00. The molecule has 4 nitrogen and oxygen atoms in total. The third kappa shape index (κ3) is 2.47. The number of hydrogen-bond donors (Lipinski definition) is 0. The molecular weight excluding hydrogens is 218 g/mol. The van der Waals surface area contributed by atoms with E-state index in [-0.39, 0.29) is 11.5 Å². The van der Waals surface area contributed by atoms with Crippen LogP contribution in [0.5, 0.6) is 0 Å². The number of allylic oxidation sites excluding steroid dienone is 4. The maximum Gasteiger partial charge on any atom is 0.269 e. The van der Waals surface area contributed by atoms with Crippen LogP contribution in [0, 0.1) is 16.5 Å². The fourth-order valence-electron chi connectivity index (χ4n) is 1.58. The van der Waals surface area contributed by atoms with Crippen LogP contribution in [-0.4, -0.2) is 10.7 Å². The van der Waals surface area contributed by atoms with Crippen LogP contribution in [0.1, 0.15) is 16.8 Å².